The average Bonchev–Trinajstić information content (AvgIpc) is 2.51. The third kappa shape index (κ3) is 2.45. The molecule has 0 saturated carbocycles. The molecule has 0 N–H and O–H groups in total. The molecule has 0 unspecified atom stereocenters. The van der Waals surface area contributed by atoms with Gasteiger partial charge in [0.25, 0.3) is 6.43 Å². The molecule has 0 aromatic carbocycles. The van der Waals surface area contributed by atoms with E-state index in [2.05, 4.69) is 5.10 Å². The lowest BCUT2D eigenvalue weighted by molar-refractivity contribution is -0.128. The molecular formula is C8H8F2N2O2. The normalized spacial score (nSPS) is 10.6. The molecule has 6 heteroatoms. The maximum absolute atomic E-state index is 11.8. The van der Waals surface area contributed by atoms with E-state index in [-0.39, 0.29) is 5.69 Å². The predicted octanol–water partition coefficient (Wildman–Crippen LogP) is 0.827. The number of aromatic nitrogens is 2. The molecule has 0 atom stereocenters. The first-order chi connectivity index (χ1) is 6.50. The summed E-state index contributed by atoms with van der Waals surface area (Å²) in [6.45, 7) is 0. The van der Waals surface area contributed by atoms with Gasteiger partial charge in [-0.1, -0.05) is 0 Å². The van der Waals surface area contributed by atoms with Gasteiger partial charge in [0.05, 0.1) is 6.42 Å². The van der Waals surface area contributed by atoms with Gasteiger partial charge in [-0.2, -0.15) is 5.10 Å². The van der Waals surface area contributed by atoms with Gasteiger partial charge < -0.3 is 0 Å². The number of alkyl halides is 2. The van der Waals surface area contributed by atoms with Gasteiger partial charge in [-0.25, -0.2) is 8.78 Å². The predicted molar refractivity (Wildman–Crippen MR) is 43.2 cm³/mol. The molecule has 0 aliphatic carbocycles. The number of hydrogen-bond acceptors (Lipinski definition) is 3. The molecule has 14 heavy (non-hydrogen) atoms. The average molecular weight is 202 g/mol. The molecule has 76 valence electrons. The van der Waals surface area contributed by atoms with E-state index in [0.717, 1.165) is 0 Å². The zero-order valence-electron chi connectivity index (χ0n) is 7.41. The summed E-state index contributed by atoms with van der Waals surface area (Å²) in [5.74, 6) is -2.06. The highest BCUT2D eigenvalue weighted by atomic mass is 19.3. The highest BCUT2D eigenvalue weighted by Gasteiger charge is 2.21. The minimum atomic E-state index is -3.09. The Bertz CT molecular complexity index is 360. The van der Waals surface area contributed by atoms with Gasteiger partial charge in [0.1, 0.15) is 5.69 Å². The molecule has 0 radical (unpaired) electrons. The van der Waals surface area contributed by atoms with Crippen molar-refractivity contribution in [2.75, 3.05) is 0 Å². The van der Waals surface area contributed by atoms with Gasteiger partial charge in [-0.15, -0.1) is 0 Å². The molecule has 1 heterocycles. The van der Waals surface area contributed by atoms with Crippen LogP contribution < -0.4 is 0 Å². The number of rotatable bonds is 4. The van der Waals surface area contributed by atoms with Crippen LogP contribution in [0.4, 0.5) is 8.78 Å². The number of carbonyl (C=O) groups excluding carboxylic acids is 2. The Labute approximate surface area is 78.5 Å². The van der Waals surface area contributed by atoms with Gasteiger partial charge in [0, 0.05) is 13.2 Å². The third-order valence-corrected chi connectivity index (χ3v) is 1.58. The molecule has 0 amide bonds. The Hall–Kier alpha value is -1.59. The highest BCUT2D eigenvalue weighted by molar-refractivity contribution is 6.07. The smallest absolute Gasteiger partial charge is 0.293 e. The van der Waals surface area contributed by atoms with E-state index in [1.165, 1.54) is 16.9 Å². The molecule has 0 spiro atoms. The summed E-state index contributed by atoms with van der Waals surface area (Å²) in [6, 6.07) is 1.38. The van der Waals surface area contributed by atoms with Gasteiger partial charge in [-0.3, -0.25) is 14.3 Å². The summed E-state index contributed by atoms with van der Waals surface area (Å²) in [5.41, 5.74) is 0.0292. The van der Waals surface area contributed by atoms with Crippen LogP contribution in [0, 0.1) is 0 Å². The summed E-state index contributed by atoms with van der Waals surface area (Å²) < 4.78 is 24.9. The first-order valence-corrected chi connectivity index (χ1v) is 3.84. The summed E-state index contributed by atoms with van der Waals surface area (Å²) in [4.78, 5) is 21.7. The molecule has 0 saturated heterocycles. The van der Waals surface area contributed by atoms with Gasteiger partial charge >= 0.3 is 0 Å². The standard InChI is InChI=1S/C8H8F2N2O2/c1-12-3-2-5(11-12)6(13)4-7(14)8(9)10/h2-3,8H,4H2,1H3. The lowest BCUT2D eigenvalue weighted by atomic mass is 10.1. The molecule has 1 aromatic heterocycles. The number of hydrogen-bond donors (Lipinski definition) is 0. The second-order valence-electron chi connectivity index (χ2n) is 2.74. The molecule has 4 nitrogen and oxygen atoms in total. The van der Waals surface area contributed by atoms with Crippen LogP contribution in [0.2, 0.25) is 0 Å². The first-order valence-electron chi connectivity index (χ1n) is 3.84. The second-order valence-corrected chi connectivity index (χ2v) is 2.74. The lowest BCUT2D eigenvalue weighted by Gasteiger charge is -1.95. The van der Waals surface area contributed by atoms with E-state index < -0.39 is 24.4 Å². The fraction of sp³-hybridized carbons (Fsp3) is 0.375. The van der Waals surface area contributed by atoms with Crippen LogP contribution in [0.25, 0.3) is 0 Å². The van der Waals surface area contributed by atoms with Crippen molar-refractivity contribution in [1.29, 1.82) is 0 Å². The van der Waals surface area contributed by atoms with Crippen molar-refractivity contribution in [3.63, 3.8) is 0 Å². The van der Waals surface area contributed by atoms with E-state index >= 15 is 0 Å². The fourth-order valence-electron chi connectivity index (χ4n) is 0.890. The van der Waals surface area contributed by atoms with Crippen LogP contribution in [0.5, 0.6) is 0 Å². The number of aryl methyl sites for hydroxylation is 1. The quantitative estimate of drug-likeness (QED) is 0.536. The summed E-state index contributed by atoms with van der Waals surface area (Å²) in [6.07, 6.45) is -2.39. The first kappa shape index (κ1) is 10.5. The number of ketones is 2. The van der Waals surface area contributed by atoms with Crippen molar-refractivity contribution in [1.82, 2.24) is 9.78 Å². The Morgan fingerprint density at radius 2 is 2.21 bits per heavy atom. The van der Waals surface area contributed by atoms with Gasteiger partial charge in [0.15, 0.2) is 5.78 Å². The van der Waals surface area contributed by atoms with E-state index in [9.17, 15) is 18.4 Å². The lowest BCUT2D eigenvalue weighted by Crippen LogP contribution is -2.15. The Morgan fingerprint density at radius 1 is 1.57 bits per heavy atom. The molecule has 0 aliphatic rings. The van der Waals surface area contributed by atoms with Crippen LogP contribution >= 0.6 is 0 Å². The van der Waals surface area contributed by atoms with Crippen molar-refractivity contribution in [3.8, 4) is 0 Å². The number of nitrogens with zero attached hydrogens (tertiary/aromatic N) is 2. The van der Waals surface area contributed by atoms with Crippen molar-refractivity contribution in [2.24, 2.45) is 7.05 Å². The Morgan fingerprint density at radius 3 is 2.64 bits per heavy atom. The van der Waals surface area contributed by atoms with E-state index in [1.54, 1.807) is 7.05 Å². The minimum Gasteiger partial charge on any atom is -0.293 e. The maximum Gasteiger partial charge on any atom is 0.296 e. The molecule has 0 bridgehead atoms. The van der Waals surface area contributed by atoms with Crippen LogP contribution in [0.1, 0.15) is 16.9 Å². The monoisotopic (exact) mass is 202 g/mol. The van der Waals surface area contributed by atoms with Crippen molar-refractivity contribution in [2.45, 2.75) is 12.8 Å². The Balaban J connectivity index is 2.64. The number of carbonyl (C=O) groups is 2. The summed E-state index contributed by atoms with van der Waals surface area (Å²) in [5, 5.41) is 3.69. The molecular weight excluding hydrogens is 194 g/mol. The number of halogens is 2. The zero-order chi connectivity index (χ0) is 10.7. The topological polar surface area (TPSA) is 52.0 Å². The van der Waals surface area contributed by atoms with Crippen molar-refractivity contribution < 1.29 is 18.4 Å². The van der Waals surface area contributed by atoms with Crippen LogP contribution in [-0.2, 0) is 11.8 Å². The third-order valence-electron chi connectivity index (χ3n) is 1.58. The molecule has 1 rings (SSSR count). The largest absolute Gasteiger partial charge is 0.296 e. The fourth-order valence-corrected chi connectivity index (χ4v) is 0.890. The Kier molecular flexibility index (Phi) is 3.06. The van der Waals surface area contributed by atoms with Crippen molar-refractivity contribution >= 4 is 11.6 Å². The van der Waals surface area contributed by atoms with Gasteiger partial charge in [0.2, 0.25) is 5.78 Å². The second kappa shape index (κ2) is 4.08. The van der Waals surface area contributed by atoms with E-state index in [1.807, 2.05) is 0 Å². The van der Waals surface area contributed by atoms with E-state index in [0.29, 0.717) is 0 Å². The van der Waals surface area contributed by atoms with Gasteiger partial charge in [-0.05, 0) is 6.07 Å². The molecule has 0 aliphatic heterocycles. The highest BCUT2D eigenvalue weighted by Crippen LogP contribution is 2.04. The summed E-state index contributed by atoms with van der Waals surface area (Å²) in [7, 11) is 1.59. The maximum atomic E-state index is 11.8. The van der Waals surface area contributed by atoms with Crippen LogP contribution in [-0.4, -0.2) is 27.8 Å². The zero-order valence-corrected chi connectivity index (χ0v) is 7.41. The number of Topliss-reactive ketones (excluding diaryl/α,β-unsaturated/α-hetero) is 2. The van der Waals surface area contributed by atoms with Crippen molar-refractivity contribution in [3.05, 3.63) is 18.0 Å². The summed E-state index contributed by atoms with van der Waals surface area (Å²) >= 11 is 0. The van der Waals surface area contributed by atoms with Crippen LogP contribution in [0.15, 0.2) is 12.3 Å². The van der Waals surface area contributed by atoms with E-state index in [4.69, 9.17) is 0 Å². The van der Waals surface area contributed by atoms with Crippen LogP contribution in [0.3, 0.4) is 0 Å². The molecule has 0 fully saturated rings. The molecule has 1 aromatic rings. The minimum absolute atomic E-state index is 0.0292. The SMILES string of the molecule is Cn1ccc(C(=O)CC(=O)C(F)F)n1.